The van der Waals surface area contributed by atoms with Gasteiger partial charge in [-0.25, -0.2) is 0 Å². The summed E-state index contributed by atoms with van der Waals surface area (Å²) in [6, 6.07) is 0. The molecule has 1 rings (SSSR count). The van der Waals surface area contributed by atoms with Gasteiger partial charge in [-0.3, -0.25) is 4.99 Å². The Morgan fingerprint density at radius 1 is 1.83 bits per heavy atom. The fourth-order valence-corrected chi connectivity index (χ4v) is 1.36. The van der Waals surface area contributed by atoms with Crippen LogP contribution in [0.1, 0.15) is 19.8 Å². The van der Waals surface area contributed by atoms with Crippen molar-refractivity contribution in [2.75, 3.05) is 13.1 Å². The van der Waals surface area contributed by atoms with Crippen LogP contribution < -0.4 is 0 Å². The molecule has 0 bridgehead atoms. The lowest BCUT2D eigenvalue weighted by Gasteiger charge is -2.24. The van der Waals surface area contributed by atoms with Gasteiger partial charge in [0.15, 0.2) is 0 Å². The quantitative estimate of drug-likeness (QED) is 0.636. The van der Waals surface area contributed by atoms with Gasteiger partial charge in [-0.2, -0.15) is 0 Å². The molecule has 1 heterocycles. The molecule has 3 nitrogen and oxygen atoms in total. The molecular weight excluding hydrogens is 152 g/mol. The maximum absolute atomic E-state index is 9.57. The first kappa shape index (κ1) is 9.26. The lowest BCUT2D eigenvalue weighted by Crippen LogP contribution is -2.37. The van der Waals surface area contributed by atoms with Gasteiger partial charge < -0.3 is 10.0 Å². The number of hydrogen-bond donors (Lipinski definition) is 1. The average Bonchev–Trinajstić information content (AvgIpc) is 2.52. The number of aliphatic imine (C=N–C) groups is 1. The second-order valence-corrected chi connectivity index (χ2v) is 2.87. The molecule has 1 unspecified atom stereocenters. The molecule has 0 amide bonds. The first-order chi connectivity index (χ1) is 5.79. The molecule has 0 spiro atoms. The van der Waals surface area contributed by atoms with E-state index in [2.05, 4.69) is 11.6 Å². The molecule has 1 atom stereocenters. The normalized spacial score (nSPS) is 19.2. The highest BCUT2D eigenvalue weighted by atomic mass is 16.3. The largest absolute Gasteiger partial charge is 0.374 e. The lowest BCUT2D eigenvalue weighted by molar-refractivity contribution is 0.0563. The first-order valence-electron chi connectivity index (χ1n) is 4.38. The maximum atomic E-state index is 9.57. The van der Waals surface area contributed by atoms with E-state index in [-0.39, 0.29) is 6.23 Å². The second-order valence-electron chi connectivity index (χ2n) is 2.87. The minimum atomic E-state index is -0.369. The van der Waals surface area contributed by atoms with E-state index in [1.54, 1.807) is 0 Å². The van der Waals surface area contributed by atoms with Crippen LogP contribution in [0.5, 0.6) is 0 Å². The SMILES string of the molecule is C=CCC1=NCCN1C(O)CC. The van der Waals surface area contributed by atoms with Crippen molar-refractivity contribution in [2.24, 2.45) is 4.99 Å². The first-order valence-corrected chi connectivity index (χ1v) is 4.38. The third kappa shape index (κ3) is 1.85. The standard InChI is InChI=1S/C9H16N2O/c1-3-5-8-10-6-7-11(8)9(12)4-2/h3,9,12H,1,4-7H2,2H3. The zero-order chi connectivity index (χ0) is 8.97. The fourth-order valence-electron chi connectivity index (χ4n) is 1.36. The van der Waals surface area contributed by atoms with Crippen molar-refractivity contribution < 1.29 is 5.11 Å². The molecule has 12 heavy (non-hydrogen) atoms. The van der Waals surface area contributed by atoms with E-state index in [0.29, 0.717) is 0 Å². The van der Waals surface area contributed by atoms with Gasteiger partial charge in [0.2, 0.25) is 0 Å². The third-order valence-electron chi connectivity index (χ3n) is 2.02. The summed E-state index contributed by atoms with van der Waals surface area (Å²) in [6.07, 6.45) is 2.96. The molecule has 1 aliphatic rings. The number of aliphatic hydroxyl groups excluding tert-OH is 1. The van der Waals surface area contributed by atoms with Crippen molar-refractivity contribution in [3.8, 4) is 0 Å². The van der Waals surface area contributed by atoms with Crippen LogP contribution in [0.3, 0.4) is 0 Å². The average molecular weight is 168 g/mol. The summed E-state index contributed by atoms with van der Waals surface area (Å²) in [6.45, 7) is 7.27. The summed E-state index contributed by atoms with van der Waals surface area (Å²) in [4.78, 5) is 6.23. The molecular formula is C9H16N2O. The molecule has 0 radical (unpaired) electrons. The van der Waals surface area contributed by atoms with Gasteiger partial charge in [0.1, 0.15) is 12.1 Å². The molecule has 3 heteroatoms. The number of rotatable bonds is 4. The molecule has 0 aliphatic carbocycles. The lowest BCUT2D eigenvalue weighted by atomic mass is 10.3. The van der Waals surface area contributed by atoms with Crippen LogP contribution in [0.4, 0.5) is 0 Å². The minimum Gasteiger partial charge on any atom is -0.374 e. The highest BCUT2D eigenvalue weighted by Gasteiger charge is 2.20. The predicted octanol–water partition coefficient (Wildman–Crippen LogP) is 1.01. The van der Waals surface area contributed by atoms with Gasteiger partial charge in [-0.05, 0) is 6.42 Å². The van der Waals surface area contributed by atoms with E-state index in [4.69, 9.17) is 0 Å². The molecule has 0 aromatic rings. The Kier molecular flexibility index (Phi) is 3.29. The van der Waals surface area contributed by atoms with E-state index in [0.717, 1.165) is 31.8 Å². The molecule has 0 aromatic heterocycles. The third-order valence-corrected chi connectivity index (χ3v) is 2.02. The minimum absolute atomic E-state index is 0.369. The van der Waals surface area contributed by atoms with E-state index in [1.165, 1.54) is 0 Å². The topological polar surface area (TPSA) is 35.8 Å². The Hall–Kier alpha value is -0.830. The van der Waals surface area contributed by atoms with Crippen LogP contribution >= 0.6 is 0 Å². The number of nitrogens with zero attached hydrogens (tertiary/aromatic N) is 2. The zero-order valence-electron chi connectivity index (χ0n) is 7.53. The van der Waals surface area contributed by atoms with E-state index in [1.807, 2.05) is 17.9 Å². The molecule has 0 saturated heterocycles. The van der Waals surface area contributed by atoms with Crippen LogP contribution in [0.2, 0.25) is 0 Å². The van der Waals surface area contributed by atoms with Gasteiger partial charge in [-0.15, -0.1) is 6.58 Å². The van der Waals surface area contributed by atoms with Crippen LogP contribution in [-0.2, 0) is 0 Å². The number of amidine groups is 1. The fraction of sp³-hybridized carbons (Fsp3) is 0.667. The van der Waals surface area contributed by atoms with Crippen molar-refractivity contribution in [3.05, 3.63) is 12.7 Å². The van der Waals surface area contributed by atoms with E-state index < -0.39 is 0 Å². The maximum Gasteiger partial charge on any atom is 0.127 e. The summed E-state index contributed by atoms with van der Waals surface area (Å²) < 4.78 is 0. The van der Waals surface area contributed by atoms with Crippen LogP contribution in [0.25, 0.3) is 0 Å². The summed E-state index contributed by atoms with van der Waals surface area (Å²) in [7, 11) is 0. The Labute approximate surface area is 73.4 Å². The molecule has 0 saturated carbocycles. The van der Waals surface area contributed by atoms with Crippen molar-refractivity contribution in [3.63, 3.8) is 0 Å². The molecule has 0 fully saturated rings. The zero-order valence-corrected chi connectivity index (χ0v) is 7.53. The van der Waals surface area contributed by atoms with E-state index >= 15 is 0 Å². The molecule has 1 aliphatic heterocycles. The van der Waals surface area contributed by atoms with Gasteiger partial charge in [0.25, 0.3) is 0 Å². The van der Waals surface area contributed by atoms with Gasteiger partial charge in [0.05, 0.1) is 6.54 Å². The van der Waals surface area contributed by atoms with Gasteiger partial charge >= 0.3 is 0 Å². The predicted molar refractivity (Wildman–Crippen MR) is 50.1 cm³/mol. The summed E-state index contributed by atoms with van der Waals surface area (Å²) >= 11 is 0. The monoisotopic (exact) mass is 168 g/mol. The summed E-state index contributed by atoms with van der Waals surface area (Å²) in [5.74, 6) is 0.972. The number of hydrogen-bond acceptors (Lipinski definition) is 3. The van der Waals surface area contributed by atoms with Crippen molar-refractivity contribution >= 4 is 5.84 Å². The molecule has 0 aromatic carbocycles. The Morgan fingerprint density at radius 2 is 2.58 bits per heavy atom. The van der Waals surface area contributed by atoms with Crippen LogP contribution in [0, 0.1) is 0 Å². The summed E-state index contributed by atoms with van der Waals surface area (Å²) in [5, 5.41) is 9.57. The smallest absolute Gasteiger partial charge is 0.127 e. The number of aliphatic hydroxyl groups is 1. The van der Waals surface area contributed by atoms with Crippen molar-refractivity contribution in [1.82, 2.24) is 4.90 Å². The van der Waals surface area contributed by atoms with Crippen molar-refractivity contribution in [2.45, 2.75) is 26.0 Å². The molecule has 68 valence electrons. The van der Waals surface area contributed by atoms with Gasteiger partial charge in [0, 0.05) is 13.0 Å². The second kappa shape index (κ2) is 4.26. The van der Waals surface area contributed by atoms with E-state index in [9.17, 15) is 5.11 Å². The van der Waals surface area contributed by atoms with Crippen LogP contribution in [-0.4, -0.2) is 35.2 Å². The highest BCUT2D eigenvalue weighted by molar-refractivity contribution is 5.85. The summed E-state index contributed by atoms with van der Waals surface area (Å²) in [5.41, 5.74) is 0. The Morgan fingerprint density at radius 3 is 3.17 bits per heavy atom. The van der Waals surface area contributed by atoms with Gasteiger partial charge in [-0.1, -0.05) is 13.0 Å². The van der Waals surface area contributed by atoms with Crippen LogP contribution in [0.15, 0.2) is 17.6 Å². The Bertz CT molecular complexity index is 189. The van der Waals surface area contributed by atoms with Crippen molar-refractivity contribution in [1.29, 1.82) is 0 Å². The molecule has 1 N–H and O–H groups in total. The Balaban J connectivity index is 2.54. The highest BCUT2D eigenvalue weighted by Crippen LogP contribution is 2.10.